The Morgan fingerprint density at radius 1 is 1.22 bits per heavy atom. The van der Waals surface area contributed by atoms with Gasteiger partial charge in [0.2, 0.25) is 11.8 Å². The molecule has 0 bridgehead atoms. The molecule has 3 rings (SSSR count). The van der Waals surface area contributed by atoms with Gasteiger partial charge in [0.1, 0.15) is 5.52 Å². The van der Waals surface area contributed by atoms with E-state index < -0.39 is 0 Å². The fraction of sp³-hybridized carbons (Fsp3) is 0.222. The van der Waals surface area contributed by atoms with Crippen LogP contribution in [0.25, 0.3) is 22.6 Å². The minimum atomic E-state index is 0.0178. The van der Waals surface area contributed by atoms with Crippen molar-refractivity contribution in [1.82, 2.24) is 4.98 Å². The number of benzene rings is 2. The zero-order chi connectivity index (χ0) is 16.4. The van der Waals surface area contributed by atoms with Crippen LogP contribution in [0.4, 0.5) is 5.69 Å². The molecule has 2 aromatic carbocycles. The topological polar surface area (TPSA) is 55.1 Å². The molecule has 0 radical (unpaired) electrons. The zero-order valence-corrected chi connectivity index (χ0v) is 13.7. The lowest BCUT2D eigenvalue weighted by atomic mass is 10.1. The number of amides is 1. The maximum Gasteiger partial charge on any atom is 0.227 e. The van der Waals surface area contributed by atoms with E-state index in [0.717, 1.165) is 16.8 Å². The first-order valence-electron chi connectivity index (χ1n) is 7.47. The first-order chi connectivity index (χ1) is 11.0. The fourth-order valence-corrected chi connectivity index (χ4v) is 2.46. The first kappa shape index (κ1) is 15.6. The minimum absolute atomic E-state index is 0.0178. The molecule has 0 saturated heterocycles. The Morgan fingerprint density at radius 2 is 1.96 bits per heavy atom. The van der Waals surface area contributed by atoms with E-state index in [2.05, 4.69) is 10.3 Å². The van der Waals surface area contributed by atoms with Crippen molar-refractivity contribution in [1.29, 1.82) is 0 Å². The number of carbonyl (C=O) groups is 1. The summed E-state index contributed by atoms with van der Waals surface area (Å²) >= 11 is 5.95. The Labute approximate surface area is 139 Å². The molecule has 0 spiro atoms. The predicted octanol–water partition coefficient (Wildman–Crippen LogP) is 5.13. The van der Waals surface area contributed by atoms with Crippen molar-refractivity contribution in [3.63, 3.8) is 0 Å². The van der Waals surface area contributed by atoms with Crippen molar-refractivity contribution in [2.75, 3.05) is 5.32 Å². The second kappa shape index (κ2) is 6.42. The molecule has 118 valence electrons. The summed E-state index contributed by atoms with van der Waals surface area (Å²) in [5, 5.41) is 3.49. The predicted molar refractivity (Wildman–Crippen MR) is 92.5 cm³/mol. The van der Waals surface area contributed by atoms with Crippen LogP contribution in [-0.4, -0.2) is 10.9 Å². The van der Waals surface area contributed by atoms with Crippen molar-refractivity contribution < 1.29 is 9.21 Å². The smallest absolute Gasteiger partial charge is 0.227 e. The van der Waals surface area contributed by atoms with Crippen LogP contribution in [0.1, 0.15) is 20.3 Å². The second-order valence-corrected chi connectivity index (χ2v) is 6.29. The van der Waals surface area contributed by atoms with Crippen molar-refractivity contribution in [3.8, 4) is 11.5 Å². The normalized spacial score (nSPS) is 11.1. The van der Waals surface area contributed by atoms with Crippen LogP contribution < -0.4 is 5.32 Å². The quantitative estimate of drug-likeness (QED) is 0.722. The molecule has 0 aliphatic heterocycles. The summed E-state index contributed by atoms with van der Waals surface area (Å²) in [4.78, 5) is 16.2. The van der Waals surface area contributed by atoms with E-state index in [1.54, 1.807) is 12.1 Å². The average molecular weight is 329 g/mol. The molecule has 1 aromatic heterocycles. The molecule has 0 fully saturated rings. The summed E-state index contributed by atoms with van der Waals surface area (Å²) in [6, 6.07) is 12.8. The van der Waals surface area contributed by atoms with E-state index in [9.17, 15) is 4.79 Å². The molecule has 0 aliphatic carbocycles. The number of hydrogen-bond donors (Lipinski definition) is 1. The number of hydrogen-bond acceptors (Lipinski definition) is 3. The van der Waals surface area contributed by atoms with Crippen molar-refractivity contribution >= 4 is 34.3 Å². The van der Waals surface area contributed by atoms with Crippen LogP contribution in [0, 0.1) is 5.92 Å². The van der Waals surface area contributed by atoms with Gasteiger partial charge in [0.15, 0.2) is 5.58 Å². The third-order valence-electron chi connectivity index (χ3n) is 3.36. The highest BCUT2D eigenvalue weighted by Crippen LogP contribution is 2.27. The van der Waals surface area contributed by atoms with E-state index in [1.165, 1.54) is 0 Å². The van der Waals surface area contributed by atoms with Crippen molar-refractivity contribution in [2.24, 2.45) is 5.92 Å². The maximum absolute atomic E-state index is 11.8. The van der Waals surface area contributed by atoms with Crippen LogP contribution in [0.3, 0.4) is 0 Å². The molecule has 0 atom stereocenters. The van der Waals surface area contributed by atoms with Crippen LogP contribution in [0.5, 0.6) is 0 Å². The zero-order valence-electron chi connectivity index (χ0n) is 13.0. The Kier molecular flexibility index (Phi) is 4.35. The monoisotopic (exact) mass is 328 g/mol. The summed E-state index contributed by atoms with van der Waals surface area (Å²) < 4.78 is 5.73. The fourth-order valence-electron chi connectivity index (χ4n) is 2.30. The van der Waals surface area contributed by atoms with Gasteiger partial charge in [0, 0.05) is 28.8 Å². The van der Waals surface area contributed by atoms with Gasteiger partial charge in [-0.05, 0) is 42.3 Å². The van der Waals surface area contributed by atoms with Gasteiger partial charge in [0.25, 0.3) is 0 Å². The van der Waals surface area contributed by atoms with Crippen LogP contribution in [0.2, 0.25) is 5.02 Å². The number of anilines is 1. The number of carbonyl (C=O) groups excluding carboxylic acids is 1. The molecular formula is C18H17ClN2O2. The van der Waals surface area contributed by atoms with Gasteiger partial charge in [-0.25, -0.2) is 4.98 Å². The molecule has 0 aliphatic rings. The number of aromatic nitrogens is 1. The van der Waals surface area contributed by atoms with Crippen LogP contribution in [0.15, 0.2) is 46.9 Å². The van der Waals surface area contributed by atoms with Gasteiger partial charge >= 0.3 is 0 Å². The first-order valence-corrected chi connectivity index (χ1v) is 7.85. The van der Waals surface area contributed by atoms with E-state index >= 15 is 0 Å². The van der Waals surface area contributed by atoms with Crippen LogP contribution in [-0.2, 0) is 4.79 Å². The van der Waals surface area contributed by atoms with Gasteiger partial charge < -0.3 is 9.73 Å². The molecule has 23 heavy (non-hydrogen) atoms. The van der Waals surface area contributed by atoms with E-state index in [4.69, 9.17) is 16.0 Å². The summed E-state index contributed by atoms with van der Waals surface area (Å²) in [5.74, 6) is 0.882. The average Bonchev–Trinajstić information content (AvgIpc) is 2.90. The number of nitrogens with one attached hydrogen (secondary N) is 1. The number of fused-ring (bicyclic) bond motifs is 1. The molecular weight excluding hydrogens is 312 g/mol. The Bertz CT molecular complexity index is 838. The highest BCUT2D eigenvalue weighted by molar-refractivity contribution is 6.31. The van der Waals surface area contributed by atoms with Gasteiger partial charge in [-0.3, -0.25) is 4.79 Å². The highest BCUT2D eigenvalue weighted by atomic mass is 35.5. The highest BCUT2D eigenvalue weighted by Gasteiger charge is 2.09. The van der Waals surface area contributed by atoms with Gasteiger partial charge in [-0.15, -0.1) is 0 Å². The molecule has 5 heteroatoms. The lowest BCUT2D eigenvalue weighted by molar-refractivity contribution is -0.116. The van der Waals surface area contributed by atoms with E-state index in [0.29, 0.717) is 28.8 Å². The third kappa shape index (κ3) is 3.71. The van der Waals surface area contributed by atoms with Gasteiger partial charge in [-0.2, -0.15) is 0 Å². The lowest BCUT2D eigenvalue weighted by Crippen LogP contribution is -2.13. The summed E-state index contributed by atoms with van der Waals surface area (Å²) in [7, 11) is 0. The summed E-state index contributed by atoms with van der Waals surface area (Å²) in [5.41, 5.74) is 3.03. The molecule has 3 aromatic rings. The molecule has 4 nitrogen and oxygen atoms in total. The van der Waals surface area contributed by atoms with Gasteiger partial charge in [0.05, 0.1) is 0 Å². The third-order valence-corrected chi connectivity index (χ3v) is 3.59. The van der Waals surface area contributed by atoms with Crippen molar-refractivity contribution in [2.45, 2.75) is 20.3 Å². The van der Waals surface area contributed by atoms with E-state index in [1.807, 2.05) is 44.2 Å². The number of nitrogens with zero attached hydrogens (tertiary/aromatic N) is 1. The van der Waals surface area contributed by atoms with Gasteiger partial charge in [-0.1, -0.05) is 25.4 Å². The maximum atomic E-state index is 11.8. The largest absolute Gasteiger partial charge is 0.436 e. The Hall–Kier alpha value is -2.33. The van der Waals surface area contributed by atoms with Crippen molar-refractivity contribution in [3.05, 3.63) is 47.5 Å². The SMILES string of the molecule is CC(C)CC(=O)Nc1ccc(-c2nc3ccc(Cl)cc3o2)cc1. The number of rotatable bonds is 4. The van der Waals surface area contributed by atoms with E-state index in [-0.39, 0.29) is 5.91 Å². The molecule has 1 N–H and O–H groups in total. The second-order valence-electron chi connectivity index (χ2n) is 5.85. The standard InChI is InChI=1S/C18H17ClN2O2/c1-11(2)9-17(22)20-14-6-3-12(4-7-14)18-21-15-8-5-13(19)10-16(15)23-18/h3-8,10-11H,9H2,1-2H3,(H,20,22). The Morgan fingerprint density at radius 3 is 2.65 bits per heavy atom. The molecule has 1 amide bonds. The molecule has 0 unspecified atom stereocenters. The lowest BCUT2D eigenvalue weighted by Gasteiger charge is -2.07. The Balaban J connectivity index is 1.79. The van der Waals surface area contributed by atoms with Crippen LogP contribution >= 0.6 is 11.6 Å². The number of oxazole rings is 1. The minimum Gasteiger partial charge on any atom is -0.436 e. The molecule has 0 saturated carbocycles. The summed E-state index contributed by atoms with van der Waals surface area (Å²) in [6.07, 6.45) is 0.508. The molecule has 1 heterocycles. The summed E-state index contributed by atoms with van der Waals surface area (Å²) in [6.45, 7) is 4.03. The number of halogens is 1.